The zero-order valence-electron chi connectivity index (χ0n) is 16.4. The van der Waals surface area contributed by atoms with Crippen LogP contribution in [0.4, 0.5) is 8.78 Å². The Hall–Kier alpha value is -2.11. The molecule has 1 saturated heterocycles. The first-order chi connectivity index (χ1) is 14.3. The van der Waals surface area contributed by atoms with E-state index in [0.717, 1.165) is 48.5 Å². The molecular formula is C19H25F2N3O5S. The highest BCUT2D eigenvalue weighted by molar-refractivity contribution is 7.89. The molecule has 3 rings (SSSR count). The van der Waals surface area contributed by atoms with Crippen molar-refractivity contribution in [3.8, 4) is 0 Å². The van der Waals surface area contributed by atoms with Crippen molar-refractivity contribution in [2.45, 2.75) is 55.7 Å². The zero-order chi connectivity index (χ0) is 21.7. The first-order valence-corrected chi connectivity index (χ1v) is 11.4. The number of carbonyl (C=O) groups is 2. The molecule has 0 radical (unpaired) electrons. The van der Waals surface area contributed by atoms with Gasteiger partial charge in [-0.1, -0.05) is 19.3 Å². The van der Waals surface area contributed by atoms with Crippen LogP contribution in [-0.2, 0) is 24.3 Å². The second-order valence-corrected chi connectivity index (χ2v) is 9.25. The summed E-state index contributed by atoms with van der Waals surface area (Å²) < 4.78 is 59.6. The van der Waals surface area contributed by atoms with Crippen molar-refractivity contribution in [2.24, 2.45) is 0 Å². The lowest BCUT2D eigenvalue weighted by Gasteiger charge is -2.34. The number of ether oxygens (including phenoxy) is 1. The molecule has 0 spiro atoms. The Balaban J connectivity index is 1.64. The average molecular weight is 445 g/mol. The van der Waals surface area contributed by atoms with E-state index in [1.54, 1.807) is 0 Å². The molecule has 2 N–H and O–H groups in total. The molecule has 1 saturated carbocycles. The van der Waals surface area contributed by atoms with Crippen molar-refractivity contribution in [2.75, 3.05) is 19.7 Å². The van der Waals surface area contributed by atoms with Gasteiger partial charge in [0.05, 0.1) is 13.2 Å². The second kappa shape index (κ2) is 9.80. The minimum Gasteiger partial charge on any atom is -0.360 e. The Morgan fingerprint density at radius 3 is 2.57 bits per heavy atom. The maximum Gasteiger partial charge on any atom is 0.309 e. The van der Waals surface area contributed by atoms with Crippen molar-refractivity contribution >= 4 is 21.8 Å². The van der Waals surface area contributed by atoms with Gasteiger partial charge >= 0.3 is 11.8 Å². The lowest BCUT2D eigenvalue weighted by molar-refractivity contribution is -0.140. The van der Waals surface area contributed by atoms with E-state index in [0.29, 0.717) is 12.5 Å². The van der Waals surface area contributed by atoms with Crippen molar-refractivity contribution < 1.29 is 31.5 Å². The predicted molar refractivity (Wildman–Crippen MR) is 103 cm³/mol. The molecule has 166 valence electrons. The lowest BCUT2D eigenvalue weighted by atomic mass is 9.95. The lowest BCUT2D eigenvalue weighted by Crippen LogP contribution is -2.53. The van der Waals surface area contributed by atoms with Gasteiger partial charge in [0, 0.05) is 12.6 Å². The van der Waals surface area contributed by atoms with Crippen LogP contribution in [0.2, 0.25) is 0 Å². The van der Waals surface area contributed by atoms with Gasteiger partial charge in [0.1, 0.15) is 22.8 Å². The maximum absolute atomic E-state index is 14.1. The molecule has 2 aliphatic rings. The van der Waals surface area contributed by atoms with Gasteiger partial charge in [-0.25, -0.2) is 17.2 Å². The van der Waals surface area contributed by atoms with Crippen LogP contribution in [0.5, 0.6) is 0 Å². The van der Waals surface area contributed by atoms with Crippen molar-refractivity contribution in [3.05, 3.63) is 29.8 Å². The first kappa shape index (κ1) is 22.6. The third-order valence-corrected chi connectivity index (χ3v) is 7.12. The van der Waals surface area contributed by atoms with E-state index < -0.39 is 44.6 Å². The van der Waals surface area contributed by atoms with Gasteiger partial charge in [0.2, 0.25) is 10.0 Å². The van der Waals surface area contributed by atoms with E-state index in [1.165, 1.54) is 0 Å². The summed E-state index contributed by atoms with van der Waals surface area (Å²) in [4.78, 5) is 23.4. The molecule has 1 aromatic rings. The first-order valence-electron chi connectivity index (χ1n) is 9.96. The number of amides is 2. The van der Waals surface area contributed by atoms with E-state index >= 15 is 0 Å². The van der Waals surface area contributed by atoms with E-state index in [2.05, 4.69) is 10.6 Å². The summed E-state index contributed by atoms with van der Waals surface area (Å²) in [6.45, 7) is -0.0629. The molecule has 1 aliphatic heterocycles. The summed E-state index contributed by atoms with van der Waals surface area (Å²) >= 11 is 0. The highest BCUT2D eigenvalue weighted by atomic mass is 32.2. The van der Waals surface area contributed by atoms with Gasteiger partial charge in [-0.05, 0) is 37.5 Å². The van der Waals surface area contributed by atoms with Crippen LogP contribution in [0.15, 0.2) is 23.1 Å². The highest BCUT2D eigenvalue weighted by Gasteiger charge is 2.36. The van der Waals surface area contributed by atoms with Crippen LogP contribution in [0, 0.1) is 11.6 Å². The second-order valence-electron chi connectivity index (χ2n) is 7.39. The monoisotopic (exact) mass is 445 g/mol. The number of nitrogens with one attached hydrogen (secondary N) is 2. The van der Waals surface area contributed by atoms with Gasteiger partial charge in [-0.3, -0.25) is 9.59 Å². The minimum absolute atomic E-state index is 0.00704. The van der Waals surface area contributed by atoms with E-state index in [9.17, 15) is 26.8 Å². The number of carbonyl (C=O) groups excluding carboxylic acids is 2. The molecule has 1 aliphatic carbocycles. The van der Waals surface area contributed by atoms with E-state index in [4.69, 9.17) is 4.74 Å². The smallest absolute Gasteiger partial charge is 0.309 e. The maximum atomic E-state index is 14.1. The van der Waals surface area contributed by atoms with Crippen LogP contribution in [0.3, 0.4) is 0 Å². The summed E-state index contributed by atoms with van der Waals surface area (Å²) in [5.41, 5.74) is 0. The highest BCUT2D eigenvalue weighted by Crippen LogP contribution is 2.25. The van der Waals surface area contributed by atoms with Crippen LogP contribution in [-0.4, -0.2) is 56.5 Å². The fourth-order valence-electron chi connectivity index (χ4n) is 3.66. The summed E-state index contributed by atoms with van der Waals surface area (Å²) in [7, 11) is -4.41. The molecule has 2 fully saturated rings. The molecule has 1 heterocycles. The quantitative estimate of drug-likeness (QED) is 0.664. The average Bonchev–Trinajstić information content (AvgIpc) is 2.74. The van der Waals surface area contributed by atoms with Gasteiger partial charge in [0.25, 0.3) is 0 Å². The molecule has 1 atom stereocenters. The van der Waals surface area contributed by atoms with E-state index in [-0.39, 0.29) is 25.7 Å². The van der Waals surface area contributed by atoms with Crippen LogP contribution < -0.4 is 10.6 Å². The number of hydrogen-bond acceptors (Lipinski definition) is 5. The summed E-state index contributed by atoms with van der Waals surface area (Å²) in [5.74, 6) is -3.67. The SMILES string of the molecule is O=C(NC[C@H]1OCCCN1S(=O)(=O)c1cc(F)ccc1F)C(=O)NC1CCCCC1. The number of rotatable bonds is 5. The van der Waals surface area contributed by atoms with Gasteiger partial charge in [-0.15, -0.1) is 0 Å². The number of sulfonamides is 1. The molecule has 0 bridgehead atoms. The summed E-state index contributed by atoms with van der Waals surface area (Å²) in [6, 6.07) is 2.12. The number of halogens is 2. The van der Waals surface area contributed by atoms with Crippen molar-refractivity contribution in [1.29, 1.82) is 0 Å². The van der Waals surface area contributed by atoms with Crippen LogP contribution in [0.1, 0.15) is 38.5 Å². The molecular weight excluding hydrogens is 420 g/mol. The molecule has 0 unspecified atom stereocenters. The number of nitrogens with zero attached hydrogens (tertiary/aromatic N) is 1. The normalized spacial score (nSPS) is 21.2. The third-order valence-electron chi connectivity index (χ3n) is 5.22. The topological polar surface area (TPSA) is 105 Å². The molecule has 30 heavy (non-hydrogen) atoms. The van der Waals surface area contributed by atoms with Crippen LogP contribution in [0.25, 0.3) is 0 Å². The fourth-order valence-corrected chi connectivity index (χ4v) is 5.30. The minimum atomic E-state index is -4.41. The standard InChI is InChI=1S/C19H25F2N3O5S/c20-13-7-8-15(21)16(11-13)30(27,28)24-9-4-10-29-17(24)12-22-18(25)19(26)23-14-5-2-1-3-6-14/h7-8,11,14,17H,1-6,9-10,12H2,(H,22,25)(H,23,26)/t17-/m1/s1. The van der Waals surface area contributed by atoms with Gasteiger partial charge < -0.3 is 15.4 Å². The van der Waals surface area contributed by atoms with Crippen LogP contribution >= 0.6 is 0 Å². The number of hydrogen-bond donors (Lipinski definition) is 2. The fraction of sp³-hybridized carbons (Fsp3) is 0.579. The Bertz CT molecular complexity index is 890. The molecule has 1 aromatic carbocycles. The Morgan fingerprint density at radius 2 is 1.83 bits per heavy atom. The summed E-state index contributed by atoms with van der Waals surface area (Å²) in [6.07, 6.45) is 3.93. The molecule has 0 aromatic heterocycles. The Kier molecular flexibility index (Phi) is 7.37. The zero-order valence-corrected chi connectivity index (χ0v) is 17.2. The number of benzene rings is 1. The van der Waals surface area contributed by atoms with E-state index in [1.807, 2.05) is 0 Å². The molecule has 8 nitrogen and oxygen atoms in total. The summed E-state index contributed by atoms with van der Waals surface area (Å²) in [5, 5.41) is 5.04. The predicted octanol–water partition coefficient (Wildman–Crippen LogP) is 1.27. The van der Waals surface area contributed by atoms with Crippen molar-refractivity contribution in [3.63, 3.8) is 0 Å². The van der Waals surface area contributed by atoms with Crippen molar-refractivity contribution in [1.82, 2.24) is 14.9 Å². The van der Waals surface area contributed by atoms with Gasteiger partial charge in [0.15, 0.2) is 0 Å². The Labute approximate surface area is 174 Å². The van der Waals surface area contributed by atoms with Gasteiger partial charge in [-0.2, -0.15) is 4.31 Å². The molecule has 2 amide bonds. The molecule has 11 heteroatoms. The largest absolute Gasteiger partial charge is 0.360 e. The Morgan fingerprint density at radius 1 is 1.10 bits per heavy atom. The third kappa shape index (κ3) is 5.32.